The number of likely N-dealkylation sites (tertiary alicyclic amines) is 2. The minimum absolute atomic E-state index is 0.111. The van der Waals surface area contributed by atoms with E-state index < -0.39 is 10.5 Å². The number of nitro benzene ring substituents is 1. The number of hydrogen-bond donors (Lipinski definition) is 1. The largest absolute Gasteiger partial charge is 0.491 e. The fourth-order valence-electron chi connectivity index (χ4n) is 4.19. The van der Waals surface area contributed by atoms with Gasteiger partial charge >= 0.3 is 6.09 Å². The van der Waals surface area contributed by atoms with Gasteiger partial charge in [0, 0.05) is 31.7 Å². The van der Waals surface area contributed by atoms with Gasteiger partial charge in [-0.05, 0) is 72.0 Å². The van der Waals surface area contributed by atoms with Gasteiger partial charge in [0.1, 0.15) is 28.7 Å². The normalized spacial score (nSPS) is 19.8. The highest BCUT2D eigenvalue weighted by Crippen LogP contribution is 2.40. The van der Waals surface area contributed by atoms with E-state index in [-0.39, 0.29) is 28.5 Å². The number of nitrogens with zero attached hydrogens (tertiary/aromatic N) is 3. The number of carbonyl (C=O) groups is 1. The van der Waals surface area contributed by atoms with Crippen LogP contribution in [0.15, 0.2) is 12.1 Å². The Labute approximate surface area is 200 Å². The molecule has 2 fully saturated rings. The lowest BCUT2D eigenvalue weighted by molar-refractivity contribution is -0.384. The minimum atomic E-state index is -0.588. The molecule has 0 saturated carbocycles. The number of hydrogen-bond acceptors (Lipinski definition) is 7. The van der Waals surface area contributed by atoms with Crippen molar-refractivity contribution in [3.8, 4) is 5.75 Å². The van der Waals surface area contributed by atoms with Crippen LogP contribution >= 0.6 is 11.6 Å². The third-order valence-electron chi connectivity index (χ3n) is 5.82. The Hall–Kier alpha value is -2.26. The Balaban J connectivity index is 1.72. The van der Waals surface area contributed by atoms with Gasteiger partial charge in [-0.3, -0.25) is 15.0 Å². The molecule has 33 heavy (non-hydrogen) atoms. The molecule has 9 nitrogen and oxygen atoms in total. The molecular formula is C23H35ClN4O5. The highest BCUT2D eigenvalue weighted by atomic mass is 35.5. The SMILES string of the molecule is CC(C)(C)OC(=O)N1CCCC[C@@H](Nc2c([N+](=O)[O-])ccc(OCCN3CCCC3)c2Cl)C1. The van der Waals surface area contributed by atoms with Crippen LogP contribution in [0.3, 0.4) is 0 Å². The first kappa shape index (κ1) is 25.4. The molecule has 1 aromatic carbocycles. The molecule has 3 rings (SSSR count). The Morgan fingerprint density at radius 1 is 1.21 bits per heavy atom. The van der Waals surface area contributed by atoms with E-state index in [1.54, 1.807) is 11.0 Å². The second-order valence-corrected chi connectivity index (χ2v) is 10.1. The molecule has 0 aromatic heterocycles. The number of ether oxygens (including phenoxy) is 2. The van der Waals surface area contributed by atoms with Crippen LogP contribution in [0.4, 0.5) is 16.2 Å². The van der Waals surface area contributed by atoms with Gasteiger partial charge in [-0.1, -0.05) is 11.6 Å². The predicted molar refractivity (Wildman–Crippen MR) is 128 cm³/mol. The highest BCUT2D eigenvalue weighted by molar-refractivity contribution is 6.35. The molecule has 2 aliphatic heterocycles. The summed E-state index contributed by atoms with van der Waals surface area (Å²) in [5, 5.41) is 15.1. The van der Waals surface area contributed by atoms with Crippen molar-refractivity contribution in [2.24, 2.45) is 0 Å². The van der Waals surface area contributed by atoms with Crippen molar-refractivity contribution in [2.45, 2.75) is 64.5 Å². The van der Waals surface area contributed by atoms with Gasteiger partial charge in [-0.25, -0.2) is 4.79 Å². The summed E-state index contributed by atoms with van der Waals surface area (Å²) in [6.07, 6.45) is 4.51. The molecule has 1 atom stereocenters. The summed E-state index contributed by atoms with van der Waals surface area (Å²) in [7, 11) is 0. The quantitative estimate of drug-likeness (QED) is 0.435. The van der Waals surface area contributed by atoms with E-state index in [4.69, 9.17) is 21.1 Å². The van der Waals surface area contributed by atoms with Crippen molar-refractivity contribution in [2.75, 3.05) is 44.6 Å². The number of benzene rings is 1. The molecule has 0 spiro atoms. The van der Waals surface area contributed by atoms with E-state index in [0.717, 1.165) is 38.9 Å². The van der Waals surface area contributed by atoms with Gasteiger partial charge in [0.2, 0.25) is 0 Å². The third kappa shape index (κ3) is 7.37. The summed E-state index contributed by atoms with van der Waals surface area (Å²) in [5.41, 5.74) is -0.467. The molecule has 1 amide bonds. The zero-order chi connectivity index (χ0) is 24.0. The predicted octanol–water partition coefficient (Wildman–Crippen LogP) is 4.92. The van der Waals surface area contributed by atoms with E-state index in [9.17, 15) is 14.9 Å². The molecule has 1 aromatic rings. The topological polar surface area (TPSA) is 97.2 Å². The lowest BCUT2D eigenvalue weighted by Gasteiger charge is -2.29. The van der Waals surface area contributed by atoms with Gasteiger partial charge in [0.15, 0.2) is 0 Å². The number of rotatable bonds is 7. The van der Waals surface area contributed by atoms with Crippen molar-refractivity contribution < 1.29 is 19.2 Å². The summed E-state index contributed by atoms with van der Waals surface area (Å²) < 4.78 is 11.4. The van der Waals surface area contributed by atoms with Gasteiger partial charge < -0.3 is 19.7 Å². The van der Waals surface area contributed by atoms with E-state index in [1.165, 1.54) is 18.9 Å². The van der Waals surface area contributed by atoms with Crippen molar-refractivity contribution >= 4 is 29.1 Å². The summed E-state index contributed by atoms with van der Waals surface area (Å²) in [4.78, 5) is 27.8. The molecular weight excluding hydrogens is 448 g/mol. The van der Waals surface area contributed by atoms with Gasteiger partial charge in [-0.15, -0.1) is 0 Å². The lowest BCUT2D eigenvalue weighted by Crippen LogP contribution is -2.42. The van der Waals surface area contributed by atoms with Crippen LogP contribution in [-0.2, 0) is 4.74 Å². The second kappa shape index (κ2) is 11.2. The molecule has 0 bridgehead atoms. The molecule has 2 aliphatic rings. The summed E-state index contributed by atoms with van der Waals surface area (Å²) in [5.74, 6) is 0.418. The zero-order valence-corrected chi connectivity index (χ0v) is 20.5. The summed E-state index contributed by atoms with van der Waals surface area (Å²) >= 11 is 6.59. The third-order valence-corrected chi connectivity index (χ3v) is 6.19. The first-order chi connectivity index (χ1) is 15.6. The van der Waals surface area contributed by atoms with Crippen molar-refractivity contribution in [1.29, 1.82) is 0 Å². The van der Waals surface area contributed by atoms with Crippen molar-refractivity contribution in [3.05, 3.63) is 27.3 Å². The Kier molecular flexibility index (Phi) is 8.64. The molecule has 0 unspecified atom stereocenters. The van der Waals surface area contributed by atoms with Gasteiger partial charge in [0.05, 0.1) is 4.92 Å². The molecule has 0 aliphatic carbocycles. The maximum absolute atomic E-state index is 12.6. The smallest absolute Gasteiger partial charge is 0.410 e. The van der Waals surface area contributed by atoms with E-state index >= 15 is 0 Å². The molecule has 184 valence electrons. The van der Waals surface area contributed by atoms with Crippen LogP contribution in [0.5, 0.6) is 5.75 Å². The number of amides is 1. The van der Waals surface area contributed by atoms with E-state index in [2.05, 4.69) is 10.2 Å². The monoisotopic (exact) mass is 482 g/mol. The molecule has 2 heterocycles. The zero-order valence-electron chi connectivity index (χ0n) is 19.8. The van der Waals surface area contributed by atoms with Crippen LogP contribution in [0, 0.1) is 10.1 Å². The first-order valence-corrected chi connectivity index (χ1v) is 12.1. The van der Waals surface area contributed by atoms with Crippen molar-refractivity contribution in [3.63, 3.8) is 0 Å². The van der Waals surface area contributed by atoms with Crippen LogP contribution < -0.4 is 10.1 Å². The van der Waals surface area contributed by atoms with E-state index in [0.29, 0.717) is 25.4 Å². The van der Waals surface area contributed by atoms with Crippen LogP contribution in [0.2, 0.25) is 5.02 Å². The van der Waals surface area contributed by atoms with Crippen LogP contribution in [0.1, 0.15) is 52.9 Å². The number of halogens is 1. The minimum Gasteiger partial charge on any atom is -0.491 e. The Morgan fingerprint density at radius 2 is 1.91 bits per heavy atom. The highest BCUT2D eigenvalue weighted by Gasteiger charge is 2.29. The first-order valence-electron chi connectivity index (χ1n) is 11.7. The molecule has 0 radical (unpaired) electrons. The van der Waals surface area contributed by atoms with Crippen molar-refractivity contribution in [1.82, 2.24) is 9.80 Å². The summed E-state index contributed by atoms with van der Waals surface area (Å²) in [6, 6.07) is 2.77. The number of carbonyl (C=O) groups excluding carboxylic acids is 1. The average molecular weight is 483 g/mol. The van der Waals surface area contributed by atoms with Gasteiger partial charge in [0.25, 0.3) is 5.69 Å². The standard InChI is InChI=1S/C23H35ClN4O5/c1-23(2,3)33-22(29)27-13-5-4-8-17(16-27)25-21-18(28(30)31)9-10-19(20(21)24)32-15-14-26-11-6-7-12-26/h9-10,17,25H,4-8,11-16H2,1-3H3/t17-/m1/s1. The Morgan fingerprint density at radius 3 is 2.58 bits per heavy atom. The van der Waals surface area contributed by atoms with E-state index in [1.807, 2.05) is 20.8 Å². The fraction of sp³-hybridized carbons (Fsp3) is 0.696. The molecule has 10 heteroatoms. The van der Waals surface area contributed by atoms with Crippen LogP contribution in [0.25, 0.3) is 0 Å². The summed E-state index contributed by atoms with van der Waals surface area (Å²) in [6.45, 7) is 9.85. The molecule has 1 N–H and O–H groups in total. The number of nitrogens with one attached hydrogen (secondary N) is 1. The fourth-order valence-corrected chi connectivity index (χ4v) is 4.46. The number of anilines is 1. The molecule has 2 saturated heterocycles. The van der Waals surface area contributed by atoms with Crippen LogP contribution in [-0.4, -0.2) is 71.8 Å². The Bertz CT molecular complexity index is 839. The second-order valence-electron chi connectivity index (χ2n) is 9.69. The lowest BCUT2D eigenvalue weighted by atomic mass is 10.1. The maximum atomic E-state index is 12.6. The van der Waals surface area contributed by atoms with Gasteiger partial charge in [-0.2, -0.15) is 0 Å². The number of nitro groups is 1. The maximum Gasteiger partial charge on any atom is 0.410 e. The average Bonchev–Trinajstić information content (AvgIpc) is 3.13.